The lowest BCUT2D eigenvalue weighted by Gasteiger charge is -2.34. The molecule has 1 saturated heterocycles. The zero-order valence-corrected chi connectivity index (χ0v) is 15.4. The van der Waals surface area contributed by atoms with E-state index in [-0.39, 0.29) is 4.90 Å². The van der Waals surface area contributed by atoms with Gasteiger partial charge in [-0.3, -0.25) is 0 Å². The maximum Gasteiger partial charge on any atom is 0.246 e. The summed E-state index contributed by atoms with van der Waals surface area (Å²) < 4.78 is 32.7. The molecule has 23 heavy (non-hydrogen) atoms. The highest BCUT2D eigenvalue weighted by molar-refractivity contribution is 7.89. The van der Waals surface area contributed by atoms with Crippen LogP contribution in [0.1, 0.15) is 25.8 Å². The summed E-state index contributed by atoms with van der Waals surface area (Å²) >= 11 is 0. The number of hydrogen-bond donors (Lipinski definition) is 0. The lowest BCUT2D eigenvalue weighted by Crippen LogP contribution is -2.48. The van der Waals surface area contributed by atoms with Gasteiger partial charge in [-0.1, -0.05) is 19.9 Å². The second-order valence-corrected chi connectivity index (χ2v) is 8.49. The Morgan fingerprint density at radius 3 is 2.39 bits per heavy atom. The van der Waals surface area contributed by atoms with Crippen molar-refractivity contribution in [2.75, 3.05) is 39.8 Å². The molecule has 0 atom stereocenters. The van der Waals surface area contributed by atoms with E-state index in [4.69, 9.17) is 4.74 Å². The van der Waals surface area contributed by atoms with E-state index in [2.05, 4.69) is 18.7 Å². The van der Waals surface area contributed by atoms with Gasteiger partial charge in [0, 0.05) is 26.2 Å². The van der Waals surface area contributed by atoms with Gasteiger partial charge in [-0.25, -0.2) is 8.42 Å². The number of nitrogens with zero attached hydrogens (tertiary/aromatic N) is 2. The summed E-state index contributed by atoms with van der Waals surface area (Å²) in [5.74, 6) is 1.09. The van der Waals surface area contributed by atoms with Crippen LogP contribution in [0.2, 0.25) is 0 Å². The molecule has 130 valence electrons. The molecule has 0 bridgehead atoms. The first-order valence-corrected chi connectivity index (χ1v) is 9.65. The molecule has 1 aromatic carbocycles. The Labute approximate surface area is 140 Å². The van der Waals surface area contributed by atoms with Gasteiger partial charge in [-0.15, -0.1) is 0 Å². The maximum atomic E-state index is 12.9. The highest BCUT2D eigenvalue weighted by Gasteiger charge is 2.30. The third-order valence-corrected chi connectivity index (χ3v) is 6.21. The molecule has 1 fully saturated rings. The van der Waals surface area contributed by atoms with Gasteiger partial charge in [0.05, 0.1) is 7.11 Å². The Balaban J connectivity index is 2.09. The van der Waals surface area contributed by atoms with Gasteiger partial charge >= 0.3 is 0 Å². The van der Waals surface area contributed by atoms with Crippen molar-refractivity contribution >= 4 is 10.0 Å². The van der Waals surface area contributed by atoms with Crippen LogP contribution in [0, 0.1) is 12.8 Å². The summed E-state index contributed by atoms with van der Waals surface area (Å²) in [5.41, 5.74) is 0.917. The number of benzene rings is 1. The summed E-state index contributed by atoms with van der Waals surface area (Å²) in [6, 6.07) is 5.28. The maximum absolute atomic E-state index is 12.9. The molecule has 5 nitrogen and oxygen atoms in total. The molecule has 0 aromatic heterocycles. The quantitative estimate of drug-likeness (QED) is 0.798. The number of sulfonamides is 1. The van der Waals surface area contributed by atoms with Crippen LogP contribution in [0.15, 0.2) is 23.1 Å². The number of hydrogen-bond acceptors (Lipinski definition) is 4. The standard InChI is InChI=1S/C17H28N2O3S/c1-14(2)7-8-18-9-11-19(12-10-18)23(20,21)17-13-15(3)5-6-16(17)22-4/h5-6,13-14H,7-12H2,1-4H3. The van der Waals surface area contributed by atoms with Gasteiger partial charge in [0.1, 0.15) is 10.6 Å². The van der Waals surface area contributed by atoms with Crippen LogP contribution in [-0.2, 0) is 10.0 Å². The van der Waals surface area contributed by atoms with Crippen molar-refractivity contribution in [1.29, 1.82) is 0 Å². The van der Waals surface area contributed by atoms with Crippen molar-refractivity contribution in [1.82, 2.24) is 9.21 Å². The Morgan fingerprint density at radius 2 is 1.83 bits per heavy atom. The Kier molecular flexibility index (Phi) is 6.06. The van der Waals surface area contributed by atoms with Crippen LogP contribution >= 0.6 is 0 Å². The van der Waals surface area contributed by atoms with E-state index >= 15 is 0 Å². The van der Waals surface area contributed by atoms with E-state index in [1.807, 2.05) is 13.0 Å². The summed E-state index contributed by atoms with van der Waals surface area (Å²) in [7, 11) is -1.99. The van der Waals surface area contributed by atoms with Crippen molar-refractivity contribution in [3.8, 4) is 5.75 Å². The zero-order valence-electron chi connectivity index (χ0n) is 14.6. The number of piperazine rings is 1. The topological polar surface area (TPSA) is 49.9 Å². The van der Waals surface area contributed by atoms with E-state index in [9.17, 15) is 8.42 Å². The molecule has 6 heteroatoms. The minimum absolute atomic E-state index is 0.274. The third-order valence-electron chi connectivity index (χ3n) is 4.29. The first-order valence-electron chi connectivity index (χ1n) is 8.21. The average Bonchev–Trinajstić information content (AvgIpc) is 2.53. The molecule has 0 amide bonds. The first kappa shape index (κ1) is 18.2. The fourth-order valence-corrected chi connectivity index (χ4v) is 4.42. The summed E-state index contributed by atoms with van der Waals surface area (Å²) in [4.78, 5) is 2.62. The molecular formula is C17H28N2O3S. The van der Waals surface area contributed by atoms with Crippen LogP contribution in [0.25, 0.3) is 0 Å². The number of aryl methyl sites for hydroxylation is 1. The lowest BCUT2D eigenvalue weighted by molar-refractivity contribution is 0.180. The van der Waals surface area contributed by atoms with Crippen molar-refractivity contribution in [2.24, 2.45) is 5.92 Å². The molecule has 1 aromatic rings. The molecule has 0 spiro atoms. The summed E-state index contributed by atoms with van der Waals surface area (Å²) in [5, 5.41) is 0. The van der Waals surface area contributed by atoms with Gasteiger partial charge in [0.25, 0.3) is 0 Å². The van der Waals surface area contributed by atoms with Crippen LogP contribution in [0.3, 0.4) is 0 Å². The van der Waals surface area contributed by atoms with E-state index in [1.165, 1.54) is 7.11 Å². The second kappa shape index (κ2) is 7.64. The smallest absolute Gasteiger partial charge is 0.246 e. The number of rotatable bonds is 6. The molecule has 1 aliphatic rings. The van der Waals surface area contributed by atoms with Crippen LogP contribution in [-0.4, -0.2) is 57.5 Å². The third kappa shape index (κ3) is 4.46. The summed E-state index contributed by atoms with van der Waals surface area (Å²) in [6.07, 6.45) is 1.15. The minimum Gasteiger partial charge on any atom is -0.495 e. The molecule has 1 aliphatic heterocycles. The Bertz CT molecular complexity index is 621. The van der Waals surface area contributed by atoms with Crippen molar-refractivity contribution in [2.45, 2.75) is 32.1 Å². The van der Waals surface area contributed by atoms with Crippen molar-refractivity contribution in [3.63, 3.8) is 0 Å². The number of methoxy groups -OCH3 is 1. The monoisotopic (exact) mass is 340 g/mol. The second-order valence-electron chi connectivity index (χ2n) is 6.58. The Hall–Kier alpha value is -1.11. The van der Waals surface area contributed by atoms with Gasteiger partial charge in [0.15, 0.2) is 0 Å². The summed E-state index contributed by atoms with van der Waals surface area (Å²) in [6.45, 7) is 10.0. The predicted octanol–water partition coefficient (Wildman–Crippen LogP) is 2.36. The van der Waals surface area contributed by atoms with Gasteiger partial charge < -0.3 is 9.64 Å². The minimum atomic E-state index is -3.50. The van der Waals surface area contributed by atoms with Crippen LogP contribution in [0.4, 0.5) is 0 Å². The molecule has 0 unspecified atom stereocenters. The Morgan fingerprint density at radius 1 is 1.17 bits per heavy atom. The zero-order chi connectivity index (χ0) is 17.0. The van der Waals surface area contributed by atoms with Crippen LogP contribution in [0.5, 0.6) is 5.75 Å². The fourth-order valence-electron chi connectivity index (χ4n) is 2.76. The molecule has 0 saturated carbocycles. The average molecular weight is 340 g/mol. The fraction of sp³-hybridized carbons (Fsp3) is 0.647. The van der Waals surface area contributed by atoms with E-state index < -0.39 is 10.0 Å². The van der Waals surface area contributed by atoms with Crippen LogP contribution < -0.4 is 4.74 Å². The highest BCUT2D eigenvalue weighted by atomic mass is 32.2. The van der Waals surface area contributed by atoms with Crippen molar-refractivity contribution < 1.29 is 13.2 Å². The van der Waals surface area contributed by atoms with E-state index in [0.717, 1.165) is 31.6 Å². The largest absolute Gasteiger partial charge is 0.495 e. The highest BCUT2D eigenvalue weighted by Crippen LogP contribution is 2.28. The number of ether oxygens (including phenoxy) is 1. The lowest BCUT2D eigenvalue weighted by atomic mass is 10.1. The van der Waals surface area contributed by atoms with Gasteiger partial charge in [-0.2, -0.15) is 4.31 Å². The first-order chi connectivity index (χ1) is 10.8. The molecule has 0 N–H and O–H groups in total. The predicted molar refractivity (Wildman–Crippen MR) is 92.4 cm³/mol. The van der Waals surface area contributed by atoms with Gasteiger partial charge in [-0.05, 0) is 43.5 Å². The van der Waals surface area contributed by atoms with E-state index in [1.54, 1.807) is 16.4 Å². The SMILES string of the molecule is COc1ccc(C)cc1S(=O)(=O)N1CCN(CCC(C)C)CC1. The van der Waals surface area contributed by atoms with Crippen molar-refractivity contribution in [3.05, 3.63) is 23.8 Å². The molecule has 0 radical (unpaired) electrons. The normalized spacial score (nSPS) is 17.6. The van der Waals surface area contributed by atoms with E-state index in [0.29, 0.717) is 24.8 Å². The molecule has 1 heterocycles. The molecular weight excluding hydrogens is 312 g/mol. The molecule has 0 aliphatic carbocycles. The van der Waals surface area contributed by atoms with Gasteiger partial charge in [0.2, 0.25) is 10.0 Å². The molecule has 2 rings (SSSR count).